The topological polar surface area (TPSA) is 52.6 Å². The molecule has 0 bridgehead atoms. The van der Waals surface area contributed by atoms with Crippen molar-refractivity contribution in [3.8, 4) is 5.75 Å². The third-order valence-corrected chi connectivity index (χ3v) is 4.44. The molecule has 0 atom stereocenters. The predicted octanol–water partition coefficient (Wildman–Crippen LogP) is 4.34. The van der Waals surface area contributed by atoms with E-state index in [0.29, 0.717) is 11.3 Å². The van der Waals surface area contributed by atoms with Gasteiger partial charge in [0.2, 0.25) is 5.78 Å². The standard InChI is InChI=1S/C22H26O4/c1-13-7-17(5)22(18(6)8-13)26-12-21(24)25-11-20(23)19-10-15(3)14(2)9-16(19)4/h7-10H,11-12H2,1-6H3. The summed E-state index contributed by atoms with van der Waals surface area (Å²) < 4.78 is 10.7. The van der Waals surface area contributed by atoms with Crippen LogP contribution >= 0.6 is 0 Å². The monoisotopic (exact) mass is 354 g/mol. The lowest BCUT2D eigenvalue weighted by atomic mass is 9.98. The fourth-order valence-electron chi connectivity index (χ4n) is 3.05. The van der Waals surface area contributed by atoms with E-state index in [1.54, 1.807) is 0 Å². The number of ketones is 1. The summed E-state index contributed by atoms with van der Waals surface area (Å²) in [4.78, 5) is 24.3. The van der Waals surface area contributed by atoms with Crippen molar-refractivity contribution in [3.05, 3.63) is 63.2 Å². The highest BCUT2D eigenvalue weighted by atomic mass is 16.6. The molecule has 2 rings (SSSR count). The minimum atomic E-state index is -0.556. The number of hydrogen-bond acceptors (Lipinski definition) is 4. The van der Waals surface area contributed by atoms with Crippen LogP contribution in [0.1, 0.15) is 43.7 Å². The highest BCUT2D eigenvalue weighted by Crippen LogP contribution is 2.24. The average molecular weight is 354 g/mol. The first kappa shape index (κ1) is 19.7. The van der Waals surface area contributed by atoms with E-state index in [1.807, 2.05) is 65.8 Å². The van der Waals surface area contributed by atoms with Crippen LogP contribution in [-0.4, -0.2) is 25.0 Å². The Labute approximate surface area is 155 Å². The van der Waals surface area contributed by atoms with E-state index in [-0.39, 0.29) is 19.0 Å². The largest absolute Gasteiger partial charge is 0.481 e. The zero-order chi connectivity index (χ0) is 19.4. The molecule has 0 N–H and O–H groups in total. The zero-order valence-corrected chi connectivity index (χ0v) is 16.4. The van der Waals surface area contributed by atoms with Crippen molar-refractivity contribution in [2.24, 2.45) is 0 Å². The molecule has 0 amide bonds. The molecule has 0 saturated carbocycles. The van der Waals surface area contributed by atoms with Gasteiger partial charge in [0.15, 0.2) is 13.2 Å². The van der Waals surface area contributed by atoms with Crippen molar-refractivity contribution in [3.63, 3.8) is 0 Å². The summed E-state index contributed by atoms with van der Waals surface area (Å²) >= 11 is 0. The van der Waals surface area contributed by atoms with Gasteiger partial charge in [-0.25, -0.2) is 4.79 Å². The molecule has 0 radical (unpaired) electrons. The summed E-state index contributed by atoms with van der Waals surface area (Å²) in [5.41, 5.74) is 6.73. The molecule has 4 nitrogen and oxygen atoms in total. The second kappa shape index (κ2) is 8.17. The summed E-state index contributed by atoms with van der Waals surface area (Å²) in [5.74, 6) is -0.0789. The molecule has 4 heteroatoms. The first-order valence-corrected chi connectivity index (χ1v) is 8.66. The van der Waals surface area contributed by atoms with Gasteiger partial charge >= 0.3 is 5.97 Å². The Morgan fingerprint density at radius 2 is 1.31 bits per heavy atom. The van der Waals surface area contributed by atoms with Crippen LogP contribution in [0.15, 0.2) is 24.3 Å². The van der Waals surface area contributed by atoms with Gasteiger partial charge in [-0.05, 0) is 75.4 Å². The molecular formula is C22H26O4. The fraction of sp³-hybridized carbons (Fsp3) is 0.364. The predicted molar refractivity (Wildman–Crippen MR) is 102 cm³/mol. The molecule has 0 unspecified atom stereocenters. The number of esters is 1. The molecule has 0 saturated heterocycles. The molecular weight excluding hydrogens is 328 g/mol. The molecule has 0 aliphatic carbocycles. The number of Topliss-reactive ketones (excluding diaryl/α,β-unsaturated/α-hetero) is 1. The van der Waals surface area contributed by atoms with Crippen molar-refractivity contribution in [1.82, 2.24) is 0 Å². The van der Waals surface area contributed by atoms with Gasteiger partial charge in [0.05, 0.1) is 0 Å². The van der Waals surface area contributed by atoms with Crippen molar-refractivity contribution in [2.45, 2.75) is 41.5 Å². The lowest BCUT2D eigenvalue weighted by Gasteiger charge is -2.13. The summed E-state index contributed by atoms with van der Waals surface area (Å²) in [6.07, 6.45) is 0. The highest BCUT2D eigenvalue weighted by Gasteiger charge is 2.15. The van der Waals surface area contributed by atoms with Crippen molar-refractivity contribution in [1.29, 1.82) is 0 Å². The zero-order valence-electron chi connectivity index (χ0n) is 16.4. The molecule has 0 spiro atoms. The molecule has 0 aliphatic rings. The lowest BCUT2D eigenvalue weighted by Crippen LogP contribution is -2.20. The SMILES string of the molecule is Cc1cc(C)c(OCC(=O)OCC(=O)c2cc(C)c(C)cc2C)c(C)c1. The van der Waals surface area contributed by atoms with E-state index < -0.39 is 5.97 Å². The van der Waals surface area contributed by atoms with Crippen LogP contribution < -0.4 is 4.74 Å². The summed E-state index contributed by atoms with van der Waals surface area (Å²) in [5, 5.41) is 0. The molecule has 26 heavy (non-hydrogen) atoms. The third-order valence-electron chi connectivity index (χ3n) is 4.44. The van der Waals surface area contributed by atoms with Crippen LogP contribution in [0, 0.1) is 41.5 Å². The Kier molecular flexibility index (Phi) is 6.19. The first-order valence-electron chi connectivity index (χ1n) is 8.66. The van der Waals surface area contributed by atoms with Crippen molar-refractivity contribution < 1.29 is 19.1 Å². The Hall–Kier alpha value is -2.62. The van der Waals surface area contributed by atoms with Gasteiger partial charge in [0.1, 0.15) is 5.75 Å². The maximum absolute atomic E-state index is 12.3. The summed E-state index contributed by atoms with van der Waals surface area (Å²) in [7, 11) is 0. The Morgan fingerprint density at radius 1 is 0.731 bits per heavy atom. The summed E-state index contributed by atoms with van der Waals surface area (Å²) in [6.45, 7) is 11.2. The Morgan fingerprint density at radius 3 is 1.92 bits per heavy atom. The average Bonchev–Trinajstić information content (AvgIpc) is 2.55. The maximum Gasteiger partial charge on any atom is 0.344 e. The Bertz CT molecular complexity index is 826. The van der Waals surface area contributed by atoms with Crippen LogP contribution in [-0.2, 0) is 9.53 Å². The van der Waals surface area contributed by atoms with E-state index in [2.05, 4.69) is 0 Å². The maximum atomic E-state index is 12.3. The van der Waals surface area contributed by atoms with Gasteiger partial charge in [-0.15, -0.1) is 0 Å². The van der Waals surface area contributed by atoms with Crippen LogP contribution in [0.25, 0.3) is 0 Å². The minimum Gasteiger partial charge on any atom is -0.481 e. The molecule has 0 heterocycles. The number of carbonyl (C=O) groups is 2. The third kappa shape index (κ3) is 4.72. The Balaban J connectivity index is 1.93. The van der Waals surface area contributed by atoms with Gasteiger partial charge in [-0.2, -0.15) is 0 Å². The number of benzene rings is 2. The fourth-order valence-corrected chi connectivity index (χ4v) is 3.05. The van der Waals surface area contributed by atoms with Crippen LogP contribution in [0.2, 0.25) is 0 Å². The number of ether oxygens (including phenoxy) is 2. The van der Waals surface area contributed by atoms with Gasteiger partial charge in [-0.3, -0.25) is 4.79 Å². The number of hydrogen-bond donors (Lipinski definition) is 0. The highest BCUT2D eigenvalue weighted by molar-refractivity contribution is 5.99. The van der Waals surface area contributed by atoms with Crippen LogP contribution in [0.5, 0.6) is 5.75 Å². The smallest absolute Gasteiger partial charge is 0.344 e. The quantitative estimate of drug-likeness (QED) is 0.572. The van der Waals surface area contributed by atoms with Crippen LogP contribution in [0.4, 0.5) is 0 Å². The molecule has 2 aromatic carbocycles. The molecule has 2 aromatic rings. The van der Waals surface area contributed by atoms with E-state index in [1.165, 1.54) is 0 Å². The van der Waals surface area contributed by atoms with E-state index in [4.69, 9.17) is 9.47 Å². The van der Waals surface area contributed by atoms with Gasteiger partial charge < -0.3 is 9.47 Å². The number of aryl methyl sites for hydroxylation is 6. The molecule has 0 aliphatic heterocycles. The molecule has 0 fully saturated rings. The lowest BCUT2D eigenvalue weighted by molar-refractivity contribution is -0.144. The molecule has 0 aromatic heterocycles. The normalized spacial score (nSPS) is 10.5. The summed E-state index contributed by atoms with van der Waals surface area (Å²) in [6, 6.07) is 7.81. The second-order valence-electron chi connectivity index (χ2n) is 6.85. The second-order valence-corrected chi connectivity index (χ2v) is 6.85. The molecule has 138 valence electrons. The van der Waals surface area contributed by atoms with Crippen molar-refractivity contribution in [2.75, 3.05) is 13.2 Å². The van der Waals surface area contributed by atoms with Gasteiger partial charge in [0, 0.05) is 5.56 Å². The van der Waals surface area contributed by atoms with Gasteiger partial charge in [-0.1, -0.05) is 23.8 Å². The van der Waals surface area contributed by atoms with E-state index >= 15 is 0 Å². The number of rotatable bonds is 6. The van der Waals surface area contributed by atoms with E-state index in [9.17, 15) is 9.59 Å². The minimum absolute atomic E-state index is 0.207. The van der Waals surface area contributed by atoms with Gasteiger partial charge in [0.25, 0.3) is 0 Å². The van der Waals surface area contributed by atoms with Crippen molar-refractivity contribution >= 4 is 11.8 Å². The van der Waals surface area contributed by atoms with Crippen LogP contribution in [0.3, 0.4) is 0 Å². The van der Waals surface area contributed by atoms with E-state index in [0.717, 1.165) is 33.4 Å². The first-order chi connectivity index (χ1) is 12.2. The number of carbonyl (C=O) groups excluding carboxylic acids is 2.